The van der Waals surface area contributed by atoms with Gasteiger partial charge in [-0.15, -0.1) is 0 Å². The Balaban J connectivity index is 1.01. The minimum Gasteiger partial charge on any atom is -0.462 e. The molecule has 9 fully saturated rings. The quantitative estimate of drug-likeness (QED) is 0.220. The van der Waals surface area contributed by atoms with Gasteiger partial charge in [0.1, 0.15) is 30.0 Å². The number of carbonyl (C=O) groups excluding carboxylic acids is 2. The van der Waals surface area contributed by atoms with E-state index >= 15 is 0 Å². The van der Waals surface area contributed by atoms with Gasteiger partial charge in [0, 0.05) is 25.7 Å². The van der Waals surface area contributed by atoms with Crippen LogP contribution in [-0.4, -0.2) is 101 Å². The van der Waals surface area contributed by atoms with E-state index in [0.29, 0.717) is 18.3 Å². The molecule has 9 rings (SSSR count). The zero-order valence-corrected chi connectivity index (χ0v) is 31.4. The molecule has 51 heavy (non-hydrogen) atoms. The topological polar surface area (TPSA) is 163 Å². The summed E-state index contributed by atoms with van der Waals surface area (Å²) in [6.07, 6.45) is 0.817. The smallest absolute Gasteiger partial charge is 0.303 e. The summed E-state index contributed by atoms with van der Waals surface area (Å²) in [5.41, 5.74) is -1.36. The van der Waals surface area contributed by atoms with Gasteiger partial charge in [-0.05, 0) is 97.2 Å². The molecule has 0 aromatic carbocycles. The first-order valence-electron chi connectivity index (χ1n) is 19.5. The van der Waals surface area contributed by atoms with E-state index in [0.717, 1.165) is 44.9 Å². The van der Waals surface area contributed by atoms with Crippen LogP contribution in [0.5, 0.6) is 0 Å². The van der Waals surface area contributed by atoms with Crippen molar-refractivity contribution in [2.24, 2.45) is 50.7 Å². The average Bonchev–Trinajstić information content (AvgIpc) is 3.87. The van der Waals surface area contributed by atoms with Gasteiger partial charge in [0.15, 0.2) is 18.7 Å². The molecule has 12 heteroatoms. The third-order valence-corrected chi connectivity index (χ3v) is 17.0. The number of ether oxygens (including phenoxy) is 7. The van der Waals surface area contributed by atoms with Crippen LogP contribution in [0.1, 0.15) is 107 Å². The highest BCUT2D eigenvalue weighted by Crippen LogP contribution is 2.89. The first-order chi connectivity index (χ1) is 23.8. The maximum absolute atomic E-state index is 12.9. The molecule has 0 amide bonds. The number of esters is 2. The lowest BCUT2D eigenvalue weighted by atomic mass is 9.41. The number of hydrogen-bond donors (Lipinski definition) is 3. The van der Waals surface area contributed by atoms with Crippen LogP contribution < -0.4 is 0 Å². The van der Waals surface area contributed by atoms with Gasteiger partial charge in [-0.1, -0.05) is 34.6 Å². The molecule has 12 nitrogen and oxygen atoms in total. The van der Waals surface area contributed by atoms with Crippen LogP contribution in [0.3, 0.4) is 0 Å². The number of epoxide rings is 1. The fourth-order valence-electron chi connectivity index (χ4n) is 14.9. The number of aliphatic hydroxyl groups excluding tert-OH is 3. The normalized spacial score (nSPS) is 60.1. The Kier molecular flexibility index (Phi) is 7.40. The Bertz CT molecular complexity index is 1500. The summed E-state index contributed by atoms with van der Waals surface area (Å²) in [7, 11) is 0. The Hall–Kier alpha value is -1.38. The maximum Gasteiger partial charge on any atom is 0.303 e. The van der Waals surface area contributed by atoms with E-state index in [1.165, 1.54) is 13.8 Å². The lowest BCUT2D eigenvalue weighted by Gasteiger charge is -2.65. The highest BCUT2D eigenvalue weighted by molar-refractivity contribution is 5.66. The minimum atomic E-state index is -1.31. The summed E-state index contributed by atoms with van der Waals surface area (Å²) in [6.45, 7) is 16.3. The van der Waals surface area contributed by atoms with Gasteiger partial charge in [-0.2, -0.15) is 0 Å². The van der Waals surface area contributed by atoms with E-state index in [9.17, 15) is 24.9 Å². The van der Waals surface area contributed by atoms with Crippen molar-refractivity contribution in [3.05, 3.63) is 0 Å². The summed E-state index contributed by atoms with van der Waals surface area (Å²) in [6, 6.07) is 0. The molecular formula is C39H58O12. The number of fused-ring (bicyclic) bond motifs is 6. The summed E-state index contributed by atoms with van der Waals surface area (Å²) in [5.74, 6) is -0.642. The van der Waals surface area contributed by atoms with Crippen LogP contribution >= 0.6 is 0 Å². The summed E-state index contributed by atoms with van der Waals surface area (Å²) in [4.78, 5) is 24.6. The second-order valence-electron chi connectivity index (χ2n) is 19.5. The monoisotopic (exact) mass is 718 g/mol. The second kappa shape index (κ2) is 10.7. The Labute approximate surface area is 300 Å². The van der Waals surface area contributed by atoms with Crippen molar-refractivity contribution in [2.45, 2.75) is 173 Å². The Morgan fingerprint density at radius 1 is 0.804 bits per heavy atom. The first-order valence-corrected chi connectivity index (χ1v) is 19.5. The van der Waals surface area contributed by atoms with Crippen molar-refractivity contribution in [1.82, 2.24) is 0 Å². The predicted octanol–water partition coefficient (Wildman–Crippen LogP) is 3.60. The molecular weight excluding hydrogens is 660 g/mol. The maximum atomic E-state index is 12.9. The molecule has 3 spiro atoms. The Morgan fingerprint density at radius 2 is 1.51 bits per heavy atom. The zero-order chi connectivity index (χ0) is 36.5. The molecule has 0 unspecified atom stereocenters. The Morgan fingerprint density at radius 3 is 2.16 bits per heavy atom. The molecule has 4 aliphatic heterocycles. The van der Waals surface area contributed by atoms with E-state index in [1.807, 2.05) is 6.92 Å². The zero-order valence-electron chi connectivity index (χ0n) is 31.4. The van der Waals surface area contributed by atoms with E-state index in [-0.39, 0.29) is 75.9 Å². The van der Waals surface area contributed by atoms with E-state index < -0.39 is 48.2 Å². The second-order valence-corrected chi connectivity index (χ2v) is 19.5. The van der Waals surface area contributed by atoms with Crippen LogP contribution in [0.15, 0.2) is 0 Å². The third-order valence-electron chi connectivity index (χ3n) is 17.0. The lowest BCUT2D eigenvalue weighted by molar-refractivity contribution is -0.346. The number of rotatable bonds is 4. The summed E-state index contributed by atoms with van der Waals surface area (Å²) >= 11 is 0. The van der Waals surface area contributed by atoms with Gasteiger partial charge in [0.05, 0.1) is 18.8 Å². The van der Waals surface area contributed by atoms with Crippen LogP contribution in [0, 0.1) is 50.7 Å². The van der Waals surface area contributed by atoms with Gasteiger partial charge in [-0.25, -0.2) is 0 Å². The average molecular weight is 719 g/mol. The molecule has 0 bridgehead atoms. The van der Waals surface area contributed by atoms with Crippen molar-refractivity contribution in [3.63, 3.8) is 0 Å². The molecule has 9 aliphatic rings. The molecule has 0 radical (unpaired) electrons. The fourth-order valence-corrected chi connectivity index (χ4v) is 14.9. The van der Waals surface area contributed by atoms with Crippen LogP contribution in [0.2, 0.25) is 0 Å². The molecule has 4 heterocycles. The van der Waals surface area contributed by atoms with Crippen molar-refractivity contribution in [2.75, 3.05) is 6.61 Å². The SMILES string of the molecule is CC(=O)O[C@@H]1[C@@H](O)[C@H](O[C@H]2CC[C@]34C[C@]35C[C@@H](OC(C)=O)[C@]3(C)[C@H]6[C@H](C)C[C@@]7(O[C@H]6C[C@@]3(C)[C@@H]5CC[C@H]4C2(C)C)O[C@H](O)[C@@]2(C)O[C@@H]72)OC[C@H]1O. The molecule has 19 atom stereocenters. The summed E-state index contributed by atoms with van der Waals surface area (Å²) in [5, 5.41) is 32.2. The molecule has 4 saturated heterocycles. The number of hydrogen-bond acceptors (Lipinski definition) is 12. The molecule has 0 aromatic rings. The highest BCUT2D eigenvalue weighted by Gasteiger charge is 2.87. The number of carbonyl (C=O) groups is 2. The van der Waals surface area contributed by atoms with Crippen molar-refractivity contribution in [1.29, 1.82) is 0 Å². The first kappa shape index (κ1) is 35.3. The van der Waals surface area contributed by atoms with Crippen molar-refractivity contribution < 1.29 is 58.1 Å². The molecule has 3 N–H and O–H groups in total. The largest absolute Gasteiger partial charge is 0.462 e. The molecule has 5 aliphatic carbocycles. The molecule has 0 aromatic heterocycles. The van der Waals surface area contributed by atoms with E-state index in [2.05, 4.69) is 34.6 Å². The third kappa shape index (κ3) is 4.31. The number of aliphatic hydroxyl groups is 3. The predicted molar refractivity (Wildman–Crippen MR) is 177 cm³/mol. The van der Waals surface area contributed by atoms with Gasteiger partial charge < -0.3 is 48.5 Å². The highest BCUT2D eigenvalue weighted by atomic mass is 16.8. The van der Waals surface area contributed by atoms with Gasteiger partial charge in [-0.3, -0.25) is 9.59 Å². The molecule has 286 valence electrons. The van der Waals surface area contributed by atoms with E-state index in [4.69, 9.17) is 33.2 Å². The van der Waals surface area contributed by atoms with Crippen LogP contribution in [0.25, 0.3) is 0 Å². The van der Waals surface area contributed by atoms with Gasteiger partial charge in [0.25, 0.3) is 0 Å². The summed E-state index contributed by atoms with van der Waals surface area (Å²) < 4.78 is 43.4. The fraction of sp³-hybridized carbons (Fsp3) is 0.949. The van der Waals surface area contributed by atoms with Crippen LogP contribution in [-0.2, 0) is 42.7 Å². The molecule has 5 saturated carbocycles. The lowest BCUT2D eigenvalue weighted by Crippen LogP contribution is -2.64. The van der Waals surface area contributed by atoms with Crippen molar-refractivity contribution in [3.8, 4) is 0 Å². The van der Waals surface area contributed by atoms with Gasteiger partial charge >= 0.3 is 11.9 Å². The van der Waals surface area contributed by atoms with Gasteiger partial charge in [0.2, 0.25) is 5.79 Å². The minimum absolute atomic E-state index is 0.0184. The van der Waals surface area contributed by atoms with E-state index in [1.54, 1.807) is 0 Å². The standard InChI is InChI=1S/C39H58O12/c1-18-13-39(31-36(8,50-31)32(44)51-39)49-22-14-34(6)24-10-9-23-33(4,5)25(48-30-28(43)29(47-20(3)41)21(42)16-45-30)11-12-37(23)17-38(24,37)15-26(46-19(2)40)35(34,7)27(18)22/h18,21-32,42-44H,9-17H2,1-8H3/t18-,21-,22+,23+,24+,25+,26-,27+,28-,29+,30+,31-,32+,34+,35-,36+,37-,38+,39-/m1/s1. The van der Waals surface area contributed by atoms with Crippen LogP contribution in [0.4, 0.5) is 0 Å². The van der Waals surface area contributed by atoms with Crippen molar-refractivity contribution >= 4 is 11.9 Å².